The van der Waals surface area contributed by atoms with Crippen molar-refractivity contribution in [1.82, 2.24) is 9.55 Å². The van der Waals surface area contributed by atoms with Crippen LogP contribution in [-0.4, -0.2) is 28.3 Å². The summed E-state index contributed by atoms with van der Waals surface area (Å²) in [6, 6.07) is 0. The Hall–Kier alpha value is -1.26. The molecule has 3 N–H and O–H groups in total. The minimum absolute atomic E-state index is 0.287. The quantitative estimate of drug-likeness (QED) is 0.506. The maximum atomic E-state index is 11.7. The van der Waals surface area contributed by atoms with Crippen molar-refractivity contribution in [2.45, 2.75) is 11.7 Å². The van der Waals surface area contributed by atoms with Crippen molar-refractivity contribution in [3.05, 3.63) is 10.4 Å². The minimum Gasteiger partial charge on any atom is -0.731 e. The zero-order valence-electron chi connectivity index (χ0n) is 7.84. The van der Waals surface area contributed by atoms with Crippen LogP contribution in [0.4, 0.5) is 11.5 Å². The van der Waals surface area contributed by atoms with Crippen molar-refractivity contribution in [2.24, 2.45) is 0 Å². The van der Waals surface area contributed by atoms with Crippen LogP contribution in [0.25, 0.3) is 0 Å². The molecule has 0 aliphatic carbocycles. The molecule has 1 aromatic heterocycles. The van der Waals surface area contributed by atoms with Crippen LogP contribution in [-0.2, 0) is 16.8 Å². The maximum Gasteiger partial charge on any atom is 0.280 e. The van der Waals surface area contributed by atoms with E-state index in [1.54, 1.807) is 0 Å². The van der Waals surface area contributed by atoms with E-state index in [9.17, 15) is 17.8 Å². The predicted octanol–water partition coefficient (Wildman–Crippen LogP) is -1.20. The minimum atomic E-state index is -4.78. The highest BCUT2D eigenvalue weighted by atomic mass is 32.2. The van der Waals surface area contributed by atoms with Gasteiger partial charge in [0.1, 0.15) is 0 Å². The van der Waals surface area contributed by atoms with Gasteiger partial charge >= 0.3 is 0 Å². The van der Waals surface area contributed by atoms with Crippen molar-refractivity contribution in [3.63, 3.8) is 0 Å². The van der Waals surface area contributed by atoms with Gasteiger partial charge in [0, 0.05) is 12.3 Å². The SMILES string of the molecule is Nc1nc2n(c(=O)c1NS(=O)(=O)[O-])CCS2. The number of rotatable bonds is 2. The molecule has 1 aliphatic heterocycles. The number of hydrogen-bond acceptors (Lipinski definition) is 7. The summed E-state index contributed by atoms with van der Waals surface area (Å²) in [7, 11) is -4.78. The van der Waals surface area contributed by atoms with Crippen molar-refractivity contribution >= 4 is 33.6 Å². The largest absolute Gasteiger partial charge is 0.731 e. The van der Waals surface area contributed by atoms with Gasteiger partial charge in [-0.3, -0.25) is 14.1 Å². The molecule has 0 saturated carbocycles. The lowest BCUT2D eigenvalue weighted by Crippen LogP contribution is -2.27. The number of aromatic nitrogens is 2. The van der Waals surface area contributed by atoms with E-state index in [4.69, 9.17) is 5.73 Å². The van der Waals surface area contributed by atoms with Gasteiger partial charge in [-0.1, -0.05) is 11.8 Å². The van der Waals surface area contributed by atoms with Crippen molar-refractivity contribution in [1.29, 1.82) is 0 Å². The van der Waals surface area contributed by atoms with Gasteiger partial charge < -0.3 is 10.3 Å². The second kappa shape index (κ2) is 3.64. The molecule has 16 heavy (non-hydrogen) atoms. The topological polar surface area (TPSA) is 130 Å². The Balaban J connectivity index is 2.59. The van der Waals surface area contributed by atoms with Crippen LogP contribution in [0, 0.1) is 0 Å². The first kappa shape index (κ1) is 11.2. The highest BCUT2D eigenvalue weighted by Crippen LogP contribution is 2.24. The van der Waals surface area contributed by atoms with E-state index in [2.05, 4.69) is 4.98 Å². The second-order valence-corrected chi connectivity index (χ2v) is 5.19. The smallest absolute Gasteiger partial charge is 0.280 e. The monoisotopic (exact) mass is 263 g/mol. The van der Waals surface area contributed by atoms with Gasteiger partial charge in [-0.05, 0) is 0 Å². The molecule has 0 fully saturated rings. The fourth-order valence-corrected chi connectivity index (χ4v) is 2.70. The normalized spacial score (nSPS) is 14.8. The molecule has 10 heteroatoms. The molecule has 1 aromatic rings. The van der Waals surface area contributed by atoms with Crippen LogP contribution < -0.4 is 16.0 Å². The summed E-state index contributed by atoms with van der Waals surface area (Å²) in [5, 5.41) is 0.427. The van der Waals surface area contributed by atoms with E-state index in [0.29, 0.717) is 17.5 Å². The summed E-state index contributed by atoms with van der Waals surface area (Å²) in [6.07, 6.45) is 0. The molecule has 0 bridgehead atoms. The van der Waals surface area contributed by atoms with Crippen molar-refractivity contribution in [3.8, 4) is 0 Å². The Kier molecular flexibility index (Phi) is 2.56. The molecule has 0 amide bonds. The van der Waals surface area contributed by atoms with Gasteiger partial charge in [0.2, 0.25) is 0 Å². The van der Waals surface area contributed by atoms with E-state index < -0.39 is 21.6 Å². The van der Waals surface area contributed by atoms with Gasteiger partial charge in [0.25, 0.3) is 5.56 Å². The van der Waals surface area contributed by atoms with Crippen LogP contribution in [0.3, 0.4) is 0 Å². The Morgan fingerprint density at radius 3 is 2.88 bits per heavy atom. The predicted molar refractivity (Wildman–Crippen MR) is 57.0 cm³/mol. The van der Waals surface area contributed by atoms with Crippen LogP contribution in [0.1, 0.15) is 0 Å². The average molecular weight is 263 g/mol. The van der Waals surface area contributed by atoms with Crippen LogP contribution in [0.15, 0.2) is 9.95 Å². The summed E-state index contributed by atoms with van der Waals surface area (Å²) in [4.78, 5) is 15.6. The molecule has 88 valence electrons. The van der Waals surface area contributed by atoms with Gasteiger partial charge in [-0.15, -0.1) is 0 Å². The number of nitrogens with one attached hydrogen (secondary N) is 1. The molecule has 0 saturated heterocycles. The third-order valence-electron chi connectivity index (χ3n) is 1.94. The number of nitrogens with two attached hydrogens (primary N) is 1. The fourth-order valence-electron chi connectivity index (χ4n) is 1.31. The van der Waals surface area contributed by atoms with Crippen LogP contribution >= 0.6 is 11.8 Å². The van der Waals surface area contributed by atoms with E-state index in [-0.39, 0.29) is 5.82 Å². The molecule has 0 aromatic carbocycles. The van der Waals surface area contributed by atoms with Crippen LogP contribution in [0.2, 0.25) is 0 Å². The summed E-state index contributed by atoms with van der Waals surface area (Å²) in [5.41, 5.74) is 4.27. The molecule has 0 unspecified atom stereocenters. The zero-order chi connectivity index (χ0) is 11.9. The fraction of sp³-hybridized carbons (Fsp3) is 0.333. The first-order valence-electron chi connectivity index (χ1n) is 4.15. The van der Waals surface area contributed by atoms with Gasteiger partial charge in [0.15, 0.2) is 27.0 Å². The number of fused-ring (bicyclic) bond motifs is 1. The summed E-state index contributed by atoms with van der Waals surface area (Å²) in [6.45, 7) is 0.416. The number of nitrogens with zero attached hydrogens (tertiary/aromatic N) is 2. The highest BCUT2D eigenvalue weighted by Gasteiger charge is 2.20. The molecule has 0 radical (unpaired) electrons. The van der Waals surface area contributed by atoms with Gasteiger partial charge in [-0.2, -0.15) is 0 Å². The molecule has 1 aliphatic rings. The third kappa shape index (κ3) is 1.99. The number of hydrogen-bond donors (Lipinski definition) is 2. The average Bonchev–Trinajstić information content (AvgIpc) is 2.58. The summed E-state index contributed by atoms with van der Waals surface area (Å²) < 4.78 is 34.3. The number of anilines is 2. The van der Waals surface area contributed by atoms with Gasteiger partial charge in [0.05, 0.1) is 0 Å². The van der Waals surface area contributed by atoms with Crippen LogP contribution in [0.5, 0.6) is 0 Å². The standard InChI is InChI=1S/C6H8N4O4S2/c7-4-3(9-16(12,13)14)5(11)10-1-2-15-6(10)8-4/h9H,1-2,7H2,(H,12,13,14)/p-1. The van der Waals surface area contributed by atoms with Crippen molar-refractivity contribution in [2.75, 3.05) is 16.2 Å². The molecule has 8 nitrogen and oxygen atoms in total. The number of nitrogen functional groups attached to an aromatic ring is 1. The Labute approximate surface area is 94.7 Å². The molecular weight excluding hydrogens is 256 g/mol. The molecule has 0 spiro atoms. The van der Waals surface area contributed by atoms with E-state index >= 15 is 0 Å². The first-order chi connectivity index (χ1) is 7.38. The van der Waals surface area contributed by atoms with Gasteiger partial charge in [-0.25, -0.2) is 13.4 Å². The van der Waals surface area contributed by atoms with E-state index in [1.807, 2.05) is 0 Å². The van der Waals surface area contributed by atoms with E-state index in [1.165, 1.54) is 21.1 Å². The lowest BCUT2D eigenvalue weighted by molar-refractivity contribution is 0.469. The lowest BCUT2D eigenvalue weighted by atomic mass is 10.5. The highest BCUT2D eigenvalue weighted by molar-refractivity contribution is 7.99. The van der Waals surface area contributed by atoms with Crippen molar-refractivity contribution < 1.29 is 13.0 Å². The summed E-state index contributed by atoms with van der Waals surface area (Å²) in [5.74, 6) is 0.375. The molecule has 0 atom stereocenters. The Bertz CT molecular complexity index is 593. The number of thioether (sulfide) groups is 1. The third-order valence-corrected chi connectivity index (χ3v) is 3.35. The molecule has 2 rings (SSSR count). The lowest BCUT2D eigenvalue weighted by Gasteiger charge is -2.12. The summed E-state index contributed by atoms with van der Waals surface area (Å²) >= 11 is 1.34. The first-order valence-corrected chi connectivity index (χ1v) is 6.54. The second-order valence-electron chi connectivity index (χ2n) is 3.02. The molecular formula is C6H7N4O4S2-. The maximum absolute atomic E-state index is 11.7. The zero-order valence-corrected chi connectivity index (χ0v) is 9.47. The Morgan fingerprint density at radius 2 is 2.25 bits per heavy atom. The Morgan fingerprint density at radius 1 is 1.56 bits per heavy atom. The van der Waals surface area contributed by atoms with E-state index in [0.717, 1.165) is 0 Å². The molecule has 2 heterocycles.